The van der Waals surface area contributed by atoms with Crippen molar-refractivity contribution >= 4 is 39.0 Å². The predicted octanol–water partition coefficient (Wildman–Crippen LogP) is 4.90. The zero-order chi connectivity index (χ0) is 19.9. The number of benzene rings is 3. The van der Waals surface area contributed by atoms with E-state index in [4.69, 9.17) is 23.2 Å². The number of carbonyl (C=O) groups excluding carboxylic acids is 1. The number of halogens is 2. The molecule has 4 rings (SSSR count). The summed E-state index contributed by atoms with van der Waals surface area (Å²) < 4.78 is 27.6. The average molecular weight is 432 g/mol. The minimum absolute atomic E-state index is 0.0809. The van der Waals surface area contributed by atoms with E-state index >= 15 is 0 Å². The molecular formula is C21H15Cl2NO3S. The van der Waals surface area contributed by atoms with Crippen LogP contribution in [0.5, 0.6) is 0 Å². The van der Waals surface area contributed by atoms with Gasteiger partial charge in [-0.05, 0) is 29.8 Å². The smallest absolute Gasteiger partial charge is 0.245 e. The third kappa shape index (κ3) is 3.05. The van der Waals surface area contributed by atoms with Crippen LogP contribution in [-0.4, -0.2) is 23.5 Å². The lowest BCUT2D eigenvalue weighted by Gasteiger charge is -2.10. The molecule has 0 aliphatic carbocycles. The van der Waals surface area contributed by atoms with E-state index in [9.17, 15) is 13.2 Å². The van der Waals surface area contributed by atoms with E-state index in [2.05, 4.69) is 0 Å². The first-order valence-corrected chi connectivity index (χ1v) is 10.7. The maximum absolute atomic E-state index is 13.3. The third-order valence-electron chi connectivity index (χ3n) is 4.69. The monoisotopic (exact) mass is 431 g/mol. The van der Waals surface area contributed by atoms with E-state index in [0.717, 1.165) is 4.31 Å². The maximum Gasteiger partial charge on any atom is 0.245 e. The summed E-state index contributed by atoms with van der Waals surface area (Å²) in [5.41, 5.74) is 0.949. The Morgan fingerprint density at radius 3 is 1.96 bits per heavy atom. The Balaban J connectivity index is 1.82. The number of nitrogens with zero attached hydrogens (tertiary/aromatic N) is 1. The van der Waals surface area contributed by atoms with Gasteiger partial charge in [-0.2, -0.15) is 4.31 Å². The van der Waals surface area contributed by atoms with Crippen LogP contribution in [0.1, 0.15) is 22.0 Å². The van der Waals surface area contributed by atoms with E-state index in [0.29, 0.717) is 16.1 Å². The van der Waals surface area contributed by atoms with Gasteiger partial charge in [0.1, 0.15) is 0 Å². The standard InChI is InChI=1S/C21H15Cl2NO3S/c22-17-13-11-15(12-14-17)19-21(23,20(25)16-7-3-1-4-8-16)24(19)28(26,27)18-9-5-2-6-10-18/h1-14,19H/t19-,21+,24?/m1/s1. The Hall–Kier alpha value is -2.18. The van der Waals surface area contributed by atoms with Gasteiger partial charge in [0.2, 0.25) is 15.8 Å². The Bertz CT molecular complexity index is 1120. The number of sulfonamides is 1. The van der Waals surface area contributed by atoms with Gasteiger partial charge in [0, 0.05) is 10.6 Å². The van der Waals surface area contributed by atoms with Crippen LogP contribution in [0, 0.1) is 0 Å². The summed E-state index contributed by atoms with van der Waals surface area (Å²) >= 11 is 12.7. The highest BCUT2D eigenvalue weighted by Crippen LogP contribution is 2.60. The van der Waals surface area contributed by atoms with E-state index in [1.807, 2.05) is 0 Å². The largest absolute Gasteiger partial charge is 0.291 e. The molecule has 28 heavy (non-hydrogen) atoms. The van der Waals surface area contributed by atoms with Crippen molar-refractivity contribution in [2.24, 2.45) is 0 Å². The highest BCUT2D eigenvalue weighted by molar-refractivity contribution is 7.89. The lowest BCUT2D eigenvalue weighted by molar-refractivity contribution is 0.0965. The van der Waals surface area contributed by atoms with Crippen LogP contribution < -0.4 is 0 Å². The van der Waals surface area contributed by atoms with Crippen LogP contribution >= 0.6 is 23.2 Å². The Morgan fingerprint density at radius 1 is 0.857 bits per heavy atom. The van der Waals surface area contributed by atoms with Gasteiger partial charge in [0.25, 0.3) is 0 Å². The molecule has 4 nitrogen and oxygen atoms in total. The second-order valence-electron chi connectivity index (χ2n) is 6.44. The van der Waals surface area contributed by atoms with Gasteiger partial charge in [-0.15, -0.1) is 0 Å². The number of carbonyl (C=O) groups is 1. The summed E-state index contributed by atoms with van der Waals surface area (Å²) in [5, 5.41) is 0.511. The van der Waals surface area contributed by atoms with Gasteiger partial charge in [0.15, 0.2) is 5.00 Å². The van der Waals surface area contributed by atoms with Gasteiger partial charge in [-0.3, -0.25) is 4.79 Å². The maximum atomic E-state index is 13.3. The molecule has 1 unspecified atom stereocenters. The molecule has 3 atom stereocenters. The molecule has 1 fully saturated rings. The fraction of sp³-hybridized carbons (Fsp3) is 0.0952. The van der Waals surface area contributed by atoms with Crippen molar-refractivity contribution in [3.8, 4) is 0 Å². The fourth-order valence-corrected chi connectivity index (χ4v) is 5.89. The van der Waals surface area contributed by atoms with Gasteiger partial charge >= 0.3 is 0 Å². The summed E-state index contributed by atoms with van der Waals surface area (Å²) in [7, 11) is -3.99. The molecule has 7 heteroatoms. The number of ketones is 1. The summed E-state index contributed by atoms with van der Waals surface area (Å²) in [6.07, 6.45) is 0. The van der Waals surface area contributed by atoms with Crippen LogP contribution in [0.25, 0.3) is 0 Å². The molecule has 1 aliphatic rings. The minimum atomic E-state index is -3.99. The number of Topliss-reactive ketones (excluding diaryl/α,β-unsaturated/α-hetero) is 1. The first-order valence-electron chi connectivity index (χ1n) is 8.50. The van der Waals surface area contributed by atoms with Crippen LogP contribution in [-0.2, 0) is 10.0 Å². The van der Waals surface area contributed by atoms with Gasteiger partial charge in [-0.25, -0.2) is 8.42 Å². The van der Waals surface area contributed by atoms with E-state index in [1.165, 1.54) is 12.1 Å². The molecule has 0 radical (unpaired) electrons. The quantitative estimate of drug-likeness (QED) is 0.249. The van der Waals surface area contributed by atoms with Crippen molar-refractivity contribution in [3.05, 3.63) is 101 Å². The fourth-order valence-electron chi connectivity index (χ4n) is 3.28. The average Bonchev–Trinajstić information content (AvgIpc) is 3.37. The Morgan fingerprint density at radius 2 is 1.39 bits per heavy atom. The van der Waals surface area contributed by atoms with Crippen LogP contribution in [0.15, 0.2) is 89.8 Å². The van der Waals surface area contributed by atoms with Crippen LogP contribution in [0.2, 0.25) is 5.02 Å². The number of hydrogen-bond donors (Lipinski definition) is 0. The number of rotatable bonds is 5. The topological polar surface area (TPSA) is 54.2 Å². The van der Waals surface area contributed by atoms with E-state index in [1.54, 1.807) is 72.8 Å². The number of alkyl halides is 1. The van der Waals surface area contributed by atoms with Crippen molar-refractivity contribution in [2.45, 2.75) is 15.9 Å². The summed E-state index contributed by atoms with van der Waals surface area (Å²) in [4.78, 5) is 11.6. The van der Waals surface area contributed by atoms with Gasteiger partial charge < -0.3 is 0 Å². The highest BCUT2D eigenvalue weighted by atomic mass is 35.5. The molecular weight excluding hydrogens is 417 g/mol. The second-order valence-corrected chi connectivity index (χ2v) is 9.26. The van der Waals surface area contributed by atoms with E-state index < -0.39 is 26.8 Å². The lowest BCUT2D eigenvalue weighted by atomic mass is 10.0. The van der Waals surface area contributed by atoms with Gasteiger partial charge in [0.05, 0.1) is 10.9 Å². The summed E-state index contributed by atoms with van der Waals surface area (Å²) in [6.45, 7) is 0. The SMILES string of the molecule is O=C(c1ccccc1)[C@]1(Cl)[C@@H](c2ccc(Cl)cc2)N1S(=O)(=O)c1ccccc1. The highest BCUT2D eigenvalue weighted by Gasteiger charge is 2.73. The van der Waals surface area contributed by atoms with Crippen LogP contribution in [0.3, 0.4) is 0 Å². The molecule has 1 aliphatic heterocycles. The molecule has 0 bridgehead atoms. The van der Waals surface area contributed by atoms with Gasteiger partial charge in [-0.1, -0.05) is 83.9 Å². The normalized spacial score (nSPS) is 23.9. The molecule has 1 heterocycles. The lowest BCUT2D eigenvalue weighted by Crippen LogP contribution is -2.27. The molecule has 0 amide bonds. The van der Waals surface area contributed by atoms with Crippen molar-refractivity contribution in [3.63, 3.8) is 0 Å². The zero-order valence-electron chi connectivity index (χ0n) is 14.5. The second kappa shape index (κ2) is 7.01. The first-order chi connectivity index (χ1) is 13.4. The molecule has 0 N–H and O–H groups in total. The van der Waals surface area contributed by atoms with E-state index in [-0.39, 0.29) is 4.90 Å². The summed E-state index contributed by atoms with van der Waals surface area (Å²) in [6, 6.07) is 22.2. The van der Waals surface area contributed by atoms with Crippen molar-refractivity contribution in [2.75, 3.05) is 0 Å². The molecule has 3 aromatic rings. The number of hydrogen-bond acceptors (Lipinski definition) is 3. The molecule has 142 valence electrons. The molecule has 3 aromatic carbocycles. The summed E-state index contributed by atoms with van der Waals surface area (Å²) in [5.74, 6) is -0.464. The van der Waals surface area contributed by atoms with Crippen molar-refractivity contribution < 1.29 is 13.2 Å². The molecule has 0 spiro atoms. The van der Waals surface area contributed by atoms with Crippen LogP contribution in [0.4, 0.5) is 0 Å². The molecule has 0 aromatic heterocycles. The van der Waals surface area contributed by atoms with Crippen molar-refractivity contribution in [1.29, 1.82) is 0 Å². The van der Waals surface area contributed by atoms with Crippen molar-refractivity contribution in [1.82, 2.24) is 4.31 Å². The molecule has 0 saturated carbocycles. The Kier molecular flexibility index (Phi) is 4.79. The molecule has 1 saturated heterocycles. The minimum Gasteiger partial charge on any atom is -0.291 e. The zero-order valence-corrected chi connectivity index (χ0v) is 16.8. The Labute approximate surface area is 173 Å². The third-order valence-corrected chi connectivity index (χ3v) is 7.49. The predicted molar refractivity (Wildman–Crippen MR) is 109 cm³/mol. The first kappa shape index (κ1) is 19.2.